The molecule has 3 aliphatic heterocycles. The van der Waals surface area contributed by atoms with Crippen LogP contribution in [0.3, 0.4) is 0 Å². The number of benzene rings is 1. The standard InChI is InChI=1S/C20H24N4O4/c1-21-10-13-5-3-9-23(13)11-12-4-2-6-14-17(12)20(28)24(19(14)27)15-7-8-16(25)22-18(15)26/h2,4,6,13,15,21H,3,5,7-11H2,1H3,(H,22,25,26). The van der Waals surface area contributed by atoms with Gasteiger partial charge in [0, 0.05) is 25.6 Å². The van der Waals surface area contributed by atoms with Crippen LogP contribution in [0.4, 0.5) is 0 Å². The molecule has 2 saturated heterocycles. The smallest absolute Gasteiger partial charge is 0.262 e. The quantitative estimate of drug-likeness (QED) is 0.707. The SMILES string of the molecule is CNCC1CCCN1Cc1cccc2c1C(=O)N(C1CCC(=O)NC1=O)C2=O. The topological polar surface area (TPSA) is 98.8 Å². The zero-order valence-corrected chi connectivity index (χ0v) is 15.9. The first kappa shape index (κ1) is 18.8. The molecule has 4 amide bonds. The summed E-state index contributed by atoms with van der Waals surface area (Å²) in [6.45, 7) is 2.43. The molecule has 8 heteroatoms. The molecule has 0 bridgehead atoms. The highest BCUT2D eigenvalue weighted by atomic mass is 16.2. The first-order chi connectivity index (χ1) is 13.5. The van der Waals surface area contributed by atoms with Crippen LogP contribution in [0.25, 0.3) is 0 Å². The molecule has 148 valence electrons. The van der Waals surface area contributed by atoms with E-state index in [4.69, 9.17) is 0 Å². The Morgan fingerprint density at radius 1 is 1.14 bits per heavy atom. The molecule has 3 heterocycles. The van der Waals surface area contributed by atoms with Crippen molar-refractivity contribution >= 4 is 23.6 Å². The summed E-state index contributed by atoms with van der Waals surface area (Å²) in [4.78, 5) is 53.1. The van der Waals surface area contributed by atoms with Crippen molar-refractivity contribution in [3.05, 3.63) is 34.9 Å². The number of likely N-dealkylation sites (N-methyl/N-ethyl adjacent to an activating group) is 1. The van der Waals surface area contributed by atoms with Gasteiger partial charge in [0.25, 0.3) is 11.8 Å². The van der Waals surface area contributed by atoms with E-state index in [1.165, 1.54) is 0 Å². The van der Waals surface area contributed by atoms with Gasteiger partial charge in [-0.2, -0.15) is 0 Å². The molecule has 4 rings (SSSR count). The number of rotatable bonds is 5. The van der Waals surface area contributed by atoms with Crippen molar-refractivity contribution in [2.45, 2.75) is 44.3 Å². The Hall–Kier alpha value is -2.58. The van der Waals surface area contributed by atoms with Crippen LogP contribution in [0.15, 0.2) is 18.2 Å². The van der Waals surface area contributed by atoms with E-state index in [1.54, 1.807) is 12.1 Å². The Labute approximate surface area is 163 Å². The Bertz CT molecular complexity index is 853. The Kier molecular flexibility index (Phi) is 4.99. The van der Waals surface area contributed by atoms with Crippen molar-refractivity contribution in [1.29, 1.82) is 0 Å². The number of amides is 4. The van der Waals surface area contributed by atoms with Crippen molar-refractivity contribution in [2.75, 3.05) is 20.1 Å². The maximum atomic E-state index is 13.1. The van der Waals surface area contributed by atoms with Crippen molar-refractivity contribution in [3.8, 4) is 0 Å². The van der Waals surface area contributed by atoms with Crippen molar-refractivity contribution in [2.24, 2.45) is 0 Å². The van der Waals surface area contributed by atoms with Gasteiger partial charge in [0.1, 0.15) is 6.04 Å². The van der Waals surface area contributed by atoms with Gasteiger partial charge < -0.3 is 5.32 Å². The summed E-state index contributed by atoms with van der Waals surface area (Å²) in [5.41, 5.74) is 1.55. The maximum absolute atomic E-state index is 13.1. The van der Waals surface area contributed by atoms with Gasteiger partial charge in [-0.3, -0.25) is 34.3 Å². The van der Waals surface area contributed by atoms with E-state index in [0.29, 0.717) is 23.7 Å². The monoisotopic (exact) mass is 384 g/mol. The van der Waals surface area contributed by atoms with Crippen molar-refractivity contribution < 1.29 is 19.2 Å². The number of carbonyl (C=O) groups excluding carboxylic acids is 4. The summed E-state index contributed by atoms with van der Waals surface area (Å²) >= 11 is 0. The summed E-state index contributed by atoms with van der Waals surface area (Å²) in [7, 11) is 1.93. The van der Waals surface area contributed by atoms with Gasteiger partial charge in [-0.25, -0.2) is 0 Å². The molecule has 0 aliphatic carbocycles. The number of piperidine rings is 1. The van der Waals surface area contributed by atoms with Gasteiger partial charge in [-0.05, 0) is 44.5 Å². The van der Waals surface area contributed by atoms with E-state index in [-0.39, 0.29) is 18.7 Å². The minimum atomic E-state index is -0.929. The third-order valence-corrected chi connectivity index (χ3v) is 5.87. The number of imide groups is 2. The van der Waals surface area contributed by atoms with E-state index >= 15 is 0 Å². The molecule has 2 N–H and O–H groups in total. The molecule has 1 aromatic carbocycles. The number of likely N-dealkylation sites (tertiary alicyclic amines) is 1. The van der Waals surface area contributed by atoms with E-state index < -0.39 is 23.8 Å². The van der Waals surface area contributed by atoms with Crippen molar-refractivity contribution in [3.63, 3.8) is 0 Å². The normalized spacial score (nSPS) is 25.4. The molecule has 2 atom stereocenters. The fourth-order valence-electron chi connectivity index (χ4n) is 4.51. The van der Waals surface area contributed by atoms with Gasteiger partial charge in [0.15, 0.2) is 0 Å². The van der Waals surface area contributed by atoms with Gasteiger partial charge >= 0.3 is 0 Å². The summed E-state index contributed by atoms with van der Waals surface area (Å²) in [6.07, 6.45) is 2.50. The average Bonchev–Trinajstić information content (AvgIpc) is 3.20. The van der Waals surface area contributed by atoms with Gasteiger partial charge in [0.05, 0.1) is 11.1 Å². The highest BCUT2D eigenvalue weighted by Gasteiger charge is 2.45. The molecule has 0 saturated carbocycles. The average molecular weight is 384 g/mol. The first-order valence-electron chi connectivity index (χ1n) is 9.73. The van der Waals surface area contributed by atoms with Crippen LogP contribution in [0, 0.1) is 0 Å². The summed E-state index contributed by atoms with van der Waals surface area (Å²) in [5, 5.41) is 5.44. The van der Waals surface area contributed by atoms with Crippen LogP contribution in [0.5, 0.6) is 0 Å². The number of hydrogen-bond acceptors (Lipinski definition) is 6. The second-order valence-corrected chi connectivity index (χ2v) is 7.61. The third kappa shape index (κ3) is 3.12. The second kappa shape index (κ2) is 7.44. The van der Waals surface area contributed by atoms with E-state index in [9.17, 15) is 19.2 Å². The van der Waals surface area contributed by atoms with Gasteiger partial charge in [-0.15, -0.1) is 0 Å². The largest absolute Gasteiger partial charge is 0.318 e. The van der Waals surface area contributed by atoms with Crippen LogP contribution < -0.4 is 10.6 Å². The van der Waals surface area contributed by atoms with Crippen LogP contribution in [0.2, 0.25) is 0 Å². The minimum absolute atomic E-state index is 0.121. The summed E-state index contributed by atoms with van der Waals surface area (Å²) < 4.78 is 0. The van der Waals surface area contributed by atoms with E-state index in [1.807, 2.05) is 13.1 Å². The van der Waals surface area contributed by atoms with Gasteiger partial charge in [0.2, 0.25) is 11.8 Å². The number of hydrogen-bond donors (Lipinski definition) is 2. The summed E-state index contributed by atoms with van der Waals surface area (Å²) in [5.74, 6) is -1.84. The molecular weight excluding hydrogens is 360 g/mol. The lowest BCUT2D eigenvalue weighted by atomic mass is 10.0. The predicted octanol–water partition coefficient (Wildman–Crippen LogP) is 0.272. The zero-order chi connectivity index (χ0) is 19.8. The maximum Gasteiger partial charge on any atom is 0.262 e. The molecule has 28 heavy (non-hydrogen) atoms. The number of carbonyl (C=O) groups is 4. The highest BCUT2D eigenvalue weighted by molar-refractivity contribution is 6.24. The molecule has 2 unspecified atom stereocenters. The van der Waals surface area contributed by atoms with Crippen LogP contribution in [-0.2, 0) is 16.1 Å². The molecular formula is C20H24N4O4. The molecule has 2 fully saturated rings. The molecule has 3 aliphatic rings. The Balaban J connectivity index is 1.61. The van der Waals surface area contributed by atoms with Crippen molar-refractivity contribution in [1.82, 2.24) is 20.4 Å². The first-order valence-corrected chi connectivity index (χ1v) is 9.73. The number of nitrogens with zero attached hydrogens (tertiary/aromatic N) is 2. The highest BCUT2D eigenvalue weighted by Crippen LogP contribution is 2.31. The Morgan fingerprint density at radius 3 is 2.71 bits per heavy atom. The molecule has 0 radical (unpaired) electrons. The van der Waals surface area contributed by atoms with Gasteiger partial charge in [-0.1, -0.05) is 12.1 Å². The molecule has 0 aromatic heterocycles. The van der Waals surface area contributed by atoms with Crippen LogP contribution >= 0.6 is 0 Å². The number of fused-ring (bicyclic) bond motifs is 1. The summed E-state index contributed by atoms with van der Waals surface area (Å²) in [6, 6.07) is 4.78. The zero-order valence-electron chi connectivity index (χ0n) is 15.9. The number of nitrogens with one attached hydrogen (secondary N) is 2. The fraction of sp³-hybridized carbons (Fsp3) is 0.500. The van der Waals surface area contributed by atoms with E-state index in [2.05, 4.69) is 15.5 Å². The second-order valence-electron chi connectivity index (χ2n) is 7.61. The fourth-order valence-corrected chi connectivity index (χ4v) is 4.51. The predicted molar refractivity (Wildman–Crippen MR) is 100 cm³/mol. The molecule has 1 aromatic rings. The van der Waals surface area contributed by atoms with E-state index in [0.717, 1.165) is 36.4 Å². The lowest BCUT2D eigenvalue weighted by molar-refractivity contribution is -0.136. The molecule has 8 nitrogen and oxygen atoms in total. The Morgan fingerprint density at radius 2 is 1.96 bits per heavy atom. The van der Waals surface area contributed by atoms with Crippen LogP contribution in [0.1, 0.15) is 52.0 Å². The minimum Gasteiger partial charge on any atom is -0.318 e. The lowest BCUT2D eigenvalue weighted by Crippen LogP contribution is -2.54. The third-order valence-electron chi connectivity index (χ3n) is 5.87. The van der Waals surface area contributed by atoms with Crippen LogP contribution in [-0.4, -0.2) is 65.6 Å². The lowest BCUT2D eigenvalue weighted by Gasteiger charge is -2.28. The molecule has 0 spiro atoms.